The third-order valence-corrected chi connectivity index (χ3v) is 3.07. The van der Waals surface area contributed by atoms with E-state index >= 15 is 0 Å². The molecule has 0 radical (unpaired) electrons. The van der Waals surface area contributed by atoms with Gasteiger partial charge in [-0.3, -0.25) is 4.79 Å². The summed E-state index contributed by atoms with van der Waals surface area (Å²) < 4.78 is 26.4. The van der Waals surface area contributed by atoms with Crippen molar-refractivity contribution in [2.24, 2.45) is 0 Å². The van der Waals surface area contributed by atoms with Crippen molar-refractivity contribution in [3.8, 4) is 0 Å². The van der Waals surface area contributed by atoms with Gasteiger partial charge in [0, 0.05) is 12.1 Å². The zero-order chi connectivity index (χ0) is 15.2. The number of anilines is 1. The van der Waals surface area contributed by atoms with E-state index in [1.54, 1.807) is 0 Å². The van der Waals surface area contributed by atoms with Crippen LogP contribution in [0.15, 0.2) is 48.5 Å². The standard InChI is InChI=1S/C16H16F2N2O/c1-11(12-5-3-2-4-6-12)19-10-16(21)20-15-9-13(17)7-8-14(15)18/h2-9,11,19H,10H2,1H3,(H,20,21). The van der Waals surface area contributed by atoms with Crippen LogP contribution in [0.2, 0.25) is 0 Å². The summed E-state index contributed by atoms with van der Waals surface area (Å²) in [6.45, 7) is 1.93. The van der Waals surface area contributed by atoms with Gasteiger partial charge >= 0.3 is 0 Å². The van der Waals surface area contributed by atoms with Crippen molar-refractivity contribution in [2.75, 3.05) is 11.9 Å². The van der Waals surface area contributed by atoms with E-state index in [4.69, 9.17) is 0 Å². The van der Waals surface area contributed by atoms with E-state index in [0.717, 1.165) is 23.8 Å². The quantitative estimate of drug-likeness (QED) is 0.887. The molecule has 110 valence electrons. The minimum atomic E-state index is -0.666. The summed E-state index contributed by atoms with van der Waals surface area (Å²) in [4.78, 5) is 11.7. The van der Waals surface area contributed by atoms with E-state index in [2.05, 4.69) is 10.6 Å². The van der Waals surface area contributed by atoms with Gasteiger partial charge in [-0.15, -0.1) is 0 Å². The number of halogens is 2. The van der Waals surface area contributed by atoms with Crippen molar-refractivity contribution in [3.05, 3.63) is 65.7 Å². The first kappa shape index (κ1) is 15.1. The molecule has 1 atom stereocenters. The fourth-order valence-electron chi connectivity index (χ4n) is 1.89. The number of hydrogen-bond acceptors (Lipinski definition) is 2. The molecule has 2 rings (SSSR count). The fourth-order valence-corrected chi connectivity index (χ4v) is 1.89. The van der Waals surface area contributed by atoms with Gasteiger partial charge in [-0.25, -0.2) is 8.78 Å². The molecule has 3 nitrogen and oxygen atoms in total. The summed E-state index contributed by atoms with van der Waals surface area (Å²) in [6, 6.07) is 12.5. The molecule has 0 bridgehead atoms. The molecule has 0 saturated carbocycles. The first-order chi connectivity index (χ1) is 10.1. The normalized spacial score (nSPS) is 12.0. The number of carbonyl (C=O) groups excluding carboxylic acids is 1. The molecule has 21 heavy (non-hydrogen) atoms. The Morgan fingerprint density at radius 1 is 1.14 bits per heavy atom. The second-order valence-electron chi connectivity index (χ2n) is 4.69. The minimum Gasteiger partial charge on any atom is -0.322 e. The largest absolute Gasteiger partial charge is 0.322 e. The predicted molar refractivity (Wildman–Crippen MR) is 77.8 cm³/mol. The van der Waals surface area contributed by atoms with Gasteiger partial charge in [0.1, 0.15) is 11.6 Å². The number of hydrogen-bond donors (Lipinski definition) is 2. The van der Waals surface area contributed by atoms with Crippen LogP contribution in [0.5, 0.6) is 0 Å². The van der Waals surface area contributed by atoms with Crippen molar-refractivity contribution in [2.45, 2.75) is 13.0 Å². The van der Waals surface area contributed by atoms with Gasteiger partial charge < -0.3 is 10.6 Å². The molecule has 2 aromatic rings. The topological polar surface area (TPSA) is 41.1 Å². The van der Waals surface area contributed by atoms with Crippen molar-refractivity contribution < 1.29 is 13.6 Å². The van der Waals surface area contributed by atoms with Crippen molar-refractivity contribution in [1.29, 1.82) is 0 Å². The molecule has 2 aromatic carbocycles. The van der Waals surface area contributed by atoms with Crippen molar-refractivity contribution >= 4 is 11.6 Å². The van der Waals surface area contributed by atoms with E-state index in [9.17, 15) is 13.6 Å². The first-order valence-electron chi connectivity index (χ1n) is 6.59. The zero-order valence-electron chi connectivity index (χ0n) is 11.6. The van der Waals surface area contributed by atoms with Gasteiger partial charge in [0.05, 0.1) is 12.2 Å². The fraction of sp³-hybridized carbons (Fsp3) is 0.188. The maximum Gasteiger partial charge on any atom is 0.238 e. The Balaban J connectivity index is 1.89. The predicted octanol–water partition coefficient (Wildman–Crippen LogP) is 3.25. The molecule has 5 heteroatoms. The number of carbonyl (C=O) groups is 1. The Hall–Kier alpha value is -2.27. The van der Waals surface area contributed by atoms with Crippen LogP contribution < -0.4 is 10.6 Å². The van der Waals surface area contributed by atoms with Gasteiger partial charge in [0.25, 0.3) is 0 Å². The molecule has 0 spiro atoms. The number of nitrogens with one attached hydrogen (secondary N) is 2. The molecule has 0 aliphatic heterocycles. The Labute approximate surface area is 122 Å². The average molecular weight is 290 g/mol. The highest BCUT2D eigenvalue weighted by Gasteiger charge is 2.10. The van der Waals surface area contributed by atoms with Crippen LogP contribution in [0.25, 0.3) is 0 Å². The lowest BCUT2D eigenvalue weighted by atomic mass is 10.1. The Morgan fingerprint density at radius 3 is 2.57 bits per heavy atom. The van der Waals surface area contributed by atoms with E-state index in [-0.39, 0.29) is 18.3 Å². The van der Waals surface area contributed by atoms with Crippen molar-refractivity contribution in [3.63, 3.8) is 0 Å². The summed E-state index contributed by atoms with van der Waals surface area (Å²) in [6.07, 6.45) is 0. The molecule has 2 N–H and O–H groups in total. The van der Waals surface area contributed by atoms with Gasteiger partial charge in [-0.05, 0) is 24.6 Å². The molecule has 0 aliphatic carbocycles. The average Bonchev–Trinajstić information content (AvgIpc) is 2.49. The number of benzene rings is 2. The van der Waals surface area contributed by atoms with Gasteiger partial charge in [0.2, 0.25) is 5.91 Å². The van der Waals surface area contributed by atoms with Crippen LogP contribution in [-0.2, 0) is 4.79 Å². The maximum atomic E-state index is 13.4. The van der Waals surface area contributed by atoms with Gasteiger partial charge in [-0.2, -0.15) is 0 Å². The smallest absolute Gasteiger partial charge is 0.238 e. The number of rotatable bonds is 5. The van der Waals surface area contributed by atoms with Crippen LogP contribution in [-0.4, -0.2) is 12.5 Å². The molecular weight excluding hydrogens is 274 g/mol. The summed E-state index contributed by atoms with van der Waals surface area (Å²) >= 11 is 0. The van der Waals surface area contributed by atoms with E-state index in [1.165, 1.54) is 0 Å². The summed E-state index contributed by atoms with van der Waals surface area (Å²) in [7, 11) is 0. The van der Waals surface area contributed by atoms with Crippen LogP contribution in [0.3, 0.4) is 0 Å². The molecule has 0 saturated heterocycles. The summed E-state index contributed by atoms with van der Waals surface area (Å²) in [5.41, 5.74) is 0.886. The third-order valence-electron chi connectivity index (χ3n) is 3.07. The lowest BCUT2D eigenvalue weighted by molar-refractivity contribution is -0.115. The van der Waals surface area contributed by atoms with E-state index in [1.807, 2.05) is 37.3 Å². The molecule has 0 fully saturated rings. The van der Waals surface area contributed by atoms with Crippen LogP contribution in [0.1, 0.15) is 18.5 Å². The highest BCUT2D eigenvalue weighted by molar-refractivity contribution is 5.92. The highest BCUT2D eigenvalue weighted by atomic mass is 19.1. The van der Waals surface area contributed by atoms with Gasteiger partial charge in [-0.1, -0.05) is 30.3 Å². The molecule has 0 aliphatic rings. The Bertz CT molecular complexity index is 617. The molecule has 0 aromatic heterocycles. The first-order valence-corrected chi connectivity index (χ1v) is 6.59. The highest BCUT2D eigenvalue weighted by Crippen LogP contribution is 2.15. The summed E-state index contributed by atoms with van der Waals surface area (Å²) in [5.74, 6) is -1.69. The zero-order valence-corrected chi connectivity index (χ0v) is 11.6. The third kappa shape index (κ3) is 4.36. The SMILES string of the molecule is CC(NCC(=O)Nc1cc(F)ccc1F)c1ccccc1. The number of amides is 1. The Kier molecular flexibility index (Phi) is 5.00. The van der Waals surface area contributed by atoms with Gasteiger partial charge in [0.15, 0.2) is 0 Å². The second kappa shape index (κ2) is 6.95. The van der Waals surface area contributed by atoms with Crippen LogP contribution in [0.4, 0.5) is 14.5 Å². The molecular formula is C16H16F2N2O. The van der Waals surface area contributed by atoms with Crippen LogP contribution in [0, 0.1) is 11.6 Å². The molecule has 0 heterocycles. The Morgan fingerprint density at radius 2 is 1.86 bits per heavy atom. The van der Waals surface area contributed by atoms with Crippen LogP contribution >= 0.6 is 0 Å². The lowest BCUT2D eigenvalue weighted by Crippen LogP contribution is -2.30. The second-order valence-corrected chi connectivity index (χ2v) is 4.69. The minimum absolute atomic E-state index is 0.00597. The molecule has 1 amide bonds. The molecule has 1 unspecified atom stereocenters. The summed E-state index contributed by atoms with van der Waals surface area (Å²) in [5, 5.41) is 5.37. The maximum absolute atomic E-state index is 13.4. The van der Waals surface area contributed by atoms with E-state index < -0.39 is 17.5 Å². The van der Waals surface area contributed by atoms with E-state index in [0.29, 0.717) is 0 Å². The lowest BCUT2D eigenvalue weighted by Gasteiger charge is -2.14. The monoisotopic (exact) mass is 290 g/mol. The van der Waals surface area contributed by atoms with Crippen molar-refractivity contribution in [1.82, 2.24) is 5.32 Å².